The van der Waals surface area contributed by atoms with Crippen LogP contribution < -0.4 is 0 Å². The maximum Gasteiger partial charge on any atom is 0.283 e. The van der Waals surface area contributed by atoms with Gasteiger partial charge in [-0.2, -0.15) is 0 Å². The molecule has 0 atom stereocenters. The molecule has 14 heavy (non-hydrogen) atoms. The quantitative estimate of drug-likeness (QED) is 0.438. The number of nitro groups is 1. The van der Waals surface area contributed by atoms with E-state index < -0.39 is 0 Å². The molecule has 1 aromatic carbocycles. The Morgan fingerprint density at radius 1 is 1.57 bits per heavy atom. The lowest BCUT2D eigenvalue weighted by atomic mass is 10.2. The number of benzene rings is 1. The van der Waals surface area contributed by atoms with Crippen molar-refractivity contribution in [3.05, 3.63) is 33.9 Å². The van der Waals surface area contributed by atoms with Gasteiger partial charge in [0.05, 0.1) is 16.4 Å². The number of rotatable bonds is 4. The summed E-state index contributed by atoms with van der Waals surface area (Å²) in [5.41, 5.74) is 0.962. The molecule has 0 aliphatic carbocycles. The smallest absolute Gasteiger partial charge is 0.283 e. The summed E-state index contributed by atoms with van der Waals surface area (Å²) in [5, 5.41) is 10.7. The number of methoxy groups -OCH3 is 1. The normalized spacial score (nSPS) is 10.1. The van der Waals surface area contributed by atoms with Crippen molar-refractivity contribution in [1.82, 2.24) is 0 Å². The molecule has 0 bridgehead atoms. The summed E-state index contributed by atoms with van der Waals surface area (Å²) in [6, 6.07) is 5.13. The highest BCUT2D eigenvalue weighted by molar-refractivity contribution is 7.98. The molecular weight excluding hydrogens is 202 g/mol. The summed E-state index contributed by atoms with van der Waals surface area (Å²) in [6.07, 6.45) is 1.82. The highest BCUT2D eigenvalue weighted by atomic mass is 32.2. The molecule has 0 heterocycles. The summed E-state index contributed by atoms with van der Waals surface area (Å²) in [6.45, 7) is 0.398. The van der Waals surface area contributed by atoms with E-state index >= 15 is 0 Å². The second kappa shape index (κ2) is 4.97. The molecule has 0 aliphatic rings. The van der Waals surface area contributed by atoms with Gasteiger partial charge in [0.15, 0.2) is 0 Å². The summed E-state index contributed by atoms with van der Waals surface area (Å²) in [7, 11) is 1.56. The fraction of sp³-hybridized carbons (Fsp3) is 0.333. The van der Waals surface area contributed by atoms with Crippen LogP contribution in [-0.4, -0.2) is 18.3 Å². The molecule has 0 N–H and O–H groups in total. The lowest BCUT2D eigenvalue weighted by Crippen LogP contribution is -1.94. The van der Waals surface area contributed by atoms with Crippen LogP contribution >= 0.6 is 11.8 Å². The van der Waals surface area contributed by atoms with E-state index in [1.165, 1.54) is 11.8 Å². The molecule has 0 fully saturated rings. The Kier molecular flexibility index (Phi) is 3.91. The van der Waals surface area contributed by atoms with Crippen LogP contribution in [0.5, 0.6) is 0 Å². The molecule has 0 amide bonds. The maximum absolute atomic E-state index is 10.7. The number of hydrogen-bond acceptors (Lipinski definition) is 4. The van der Waals surface area contributed by atoms with Gasteiger partial charge < -0.3 is 4.74 Å². The number of nitro benzene ring substituents is 1. The number of nitrogens with zero attached hydrogens (tertiary/aromatic N) is 1. The molecule has 5 heteroatoms. The lowest BCUT2D eigenvalue weighted by molar-refractivity contribution is -0.387. The van der Waals surface area contributed by atoms with E-state index in [1.807, 2.05) is 12.3 Å². The van der Waals surface area contributed by atoms with Crippen LogP contribution in [0.15, 0.2) is 23.1 Å². The van der Waals surface area contributed by atoms with Gasteiger partial charge in [0.1, 0.15) is 0 Å². The van der Waals surface area contributed by atoms with Crippen LogP contribution in [-0.2, 0) is 11.3 Å². The van der Waals surface area contributed by atoms with Crippen LogP contribution in [0.3, 0.4) is 0 Å². The molecule has 0 spiro atoms. The van der Waals surface area contributed by atoms with E-state index in [-0.39, 0.29) is 10.6 Å². The van der Waals surface area contributed by atoms with E-state index in [4.69, 9.17) is 4.74 Å². The number of hydrogen-bond donors (Lipinski definition) is 0. The minimum atomic E-state index is -0.370. The van der Waals surface area contributed by atoms with Crippen molar-refractivity contribution in [3.8, 4) is 0 Å². The molecule has 4 nitrogen and oxygen atoms in total. The molecule has 1 rings (SSSR count). The third kappa shape index (κ3) is 2.46. The van der Waals surface area contributed by atoms with Crippen LogP contribution in [0.25, 0.3) is 0 Å². The third-order valence-corrected chi connectivity index (χ3v) is 2.54. The van der Waals surface area contributed by atoms with Crippen molar-refractivity contribution in [2.75, 3.05) is 13.4 Å². The standard InChI is InChI=1S/C9H11NO3S/c1-13-6-7-3-4-9(14-2)8(5-7)10(11)12/h3-5H,6H2,1-2H3. The SMILES string of the molecule is COCc1ccc(SC)c([N+](=O)[O-])c1. The summed E-state index contributed by atoms with van der Waals surface area (Å²) in [4.78, 5) is 11.0. The maximum atomic E-state index is 10.7. The van der Waals surface area contributed by atoms with Gasteiger partial charge in [-0.1, -0.05) is 6.07 Å². The van der Waals surface area contributed by atoms with Gasteiger partial charge in [0.25, 0.3) is 5.69 Å². The van der Waals surface area contributed by atoms with Gasteiger partial charge in [-0.15, -0.1) is 11.8 Å². The minimum Gasteiger partial charge on any atom is -0.380 e. The Labute approximate surface area is 86.4 Å². The predicted octanol–water partition coefficient (Wildman–Crippen LogP) is 2.46. The second-order valence-electron chi connectivity index (χ2n) is 2.70. The lowest BCUT2D eigenvalue weighted by Gasteiger charge is -2.02. The van der Waals surface area contributed by atoms with Gasteiger partial charge in [0.2, 0.25) is 0 Å². The first kappa shape index (κ1) is 11.0. The molecule has 0 radical (unpaired) electrons. The van der Waals surface area contributed by atoms with E-state index in [0.717, 1.165) is 5.56 Å². The molecule has 0 saturated heterocycles. The minimum absolute atomic E-state index is 0.145. The zero-order valence-electron chi connectivity index (χ0n) is 8.02. The van der Waals surface area contributed by atoms with E-state index in [1.54, 1.807) is 19.2 Å². The fourth-order valence-electron chi connectivity index (χ4n) is 1.13. The van der Waals surface area contributed by atoms with Gasteiger partial charge >= 0.3 is 0 Å². The molecule has 0 saturated carbocycles. The first-order valence-electron chi connectivity index (χ1n) is 3.99. The molecule has 76 valence electrons. The second-order valence-corrected chi connectivity index (χ2v) is 3.54. The Bertz CT molecular complexity index is 341. The highest BCUT2D eigenvalue weighted by Gasteiger charge is 2.13. The highest BCUT2D eigenvalue weighted by Crippen LogP contribution is 2.28. The topological polar surface area (TPSA) is 52.4 Å². The van der Waals surface area contributed by atoms with Crippen LogP contribution in [0.1, 0.15) is 5.56 Å². The summed E-state index contributed by atoms with van der Waals surface area (Å²) >= 11 is 1.37. The Morgan fingerprint density at radius 2 is 2.29 bits per heavy atom. The van der Waals surface area contributed by atoms with Crippen LogP contribution in [0, 0.1) is 10.1 Å². The Hall–Kier alpha value is -1.07. The van der Waals surface area contributed by atoms with Gasteiger partial charge in [-0.3, -0.25) is 10.1 Å². The third-order valence-electron chi connectivity index (χ3n) is 1.75. The van der Waals surface area contributed by atoms with E-state index in [9.17, 15) is 10.1 Å². The van der Waals surface area contributed by atoms with Gasteiger partial charge in [-0.25, -0.2) is 0 Å². The van der Waals surface area contributed by atoms with Crippen molar-refractivity contribution in [2.45, 2.75) is 11.5 Å². The molecule has 1 aromatic rings. The van der Waals surface area contributed by atoms with Crippen LogP contribution in [0.2, 0.25) is 0 Å². The van der Waals surface area contributed by atoms with Gasteiger partial charge in [0, 0.05) is 13.2 Å². The summed E-state index contributed by atoms with van der Waals surface area (Å²) in [5.74, 6) is 0. The van der Waals surface area contributed by atoms with Crippen LogP contribution in [0.4, 0.5) is 5.69 Å². The fourth-order valence-corrected chi connectivity index (χ4v) is 1.68. The van der Waals surface area contributed by atoms with E-state index in [2.05, 4.69) is 0 Å². The monoisotopic (exact) mass is 213 g/mol. The zero-order valence-corrected chi connectivity index (χ0v) is 8.84. The first-order valence-corrected chi connectivity index (χ1v) is 5.21. The van der Waals surface area contributed by atoms with Crippen molar-refractivity contribution < 1.29 is 9.66 Å². The van der Waals surface area contributed by atoms with Crippen molar-refractivity contribution in [3.63, 3.8) is 0 Å². The number of thioether (sulfide) groups is 1. The molecular formula is C9H11NO3S. The van der Waals surface area contributed by atoms with Crippen molar-refractivity contribution in [2.24, 2.45) is 0 Å². The average molecular weight is 213 g/mol. The zero-order chi connectivity index (χ0) is 10.6. The average Bonchev–Trinajstić information content (AvgIpc) is 2.18. The largest absolute Gasteiger partial charge is 0.380 e. The predicted molar refractivity (Wildman–Crippen MR) is 55.6 cm³/mol. The van der Waals surface area contributed by atoms with Gasteiger partial charge in [-0.05, 0) is 17.9 Å². The number of ether oxygens (including phenoxy) is 1. The Balaban J connectivity index is 3.07. The Morgan fingerprint density at radius 3 is 2.79 bits per heavy atom. The summed E-state index contributed by atoms with van der Waals surface area (Å²) < 4.78 is 4.91. The first-order chi connectivity index (χ1) is 6.69. The molecule has 0 aromatic heterocycles. The molecule has 0 unspecified atom stereocenters. The van der Waals surface area contributed by atoms with Crippen molar-refractivity contribution in [1.29, 1.82) is 0 Å². The molecule has 0 aliphatic heterocycles. The van der Waals surface area contributed by atoms with Crippen molar-refractivity contribution >= 4 is 17.4 Å². The van der Waals surface area contributed by atoms with E-state index in [0.29, 0.717) is 11.5 Å².